The average Bonchev–Trinajstić information content (AvgIpc) is 2.48. The lowest BCUT2D eigenvalue weighted by Crippen LogP contribution is -2.32. The molecule has 1 unspecified atom stereocenters. The normalized spacial score (nSPS) is 13.8. The number of carbonyl (C=O) groups excluding carboxylic acids is 1. The second kappa shape index (κ2) is 6.83. The lowest BCUT2D eigenvalue weighted by Gasteiger charge is -2.13. The van der Waals surface area contributed by atoms with Crippen LogP contribution in [0.15, 0.2) is 51.9 Å². The third-order valence-electron chi connectivity index (χ3n) is 3.28. The number of sulfonamides is 1. The molecule has 1 atom stereocenters. The lowest BCUT2D eigenvalue weighted by atomic mass is 10.2. The minimum atomic E-state index is -3.88. The van der Waals surface area contributed by atoms with Gasteiger partial charge in [0, 0.05) is 9.77 Å². The first kappa shape index (κ1) is 17.7. The third-order valence-corrected chi connectivity index (χ3v) is 5.21. The van der Waals surface area contributed by atoms with E-state index in [1.54, 1.807) is 37.4 Å². The van der Waals surface area contributed by atoms with Crippen LogP contribution in [0.25, 0.3) is 0 Å². The van der Waals surface area contributed by atoms with Crippen molar-refractivity contribution in [3.63, 3.8) is 0 Å². The molecular formula is C15H16IN3O3S. The molecule has 2 rings (SSSR count). The number of hydrogen-bond donors (Lipinski definition) is 1. The summed E-state index contributed by atoms with van der Waals surface area (Å²) in [5.41, 5.74) is 6.43. The Balaban J connectivity index is 2.63. The van der Waals surface area contributed by atoms with Crippen molar-refractivity contribution in [1.82, 2.24) is 4.57 Å². The lowest BCUT2D eigenvalue weighted by molar-refractivity contribution is -0.120. The summed E-state index contributed by atoms with van der Waals surface area (Å²) in [5.74, 6) is -0.568. The highest BCUT2D eigenvalue weighted by Gasteiger charge is 2.15. The predicted octanol–water partition coefficient (Wildman–Crippen LogP) is 1.74. The molecule has 0 radical (unpaired) electrons. The van der Waals surface area contributed by atoms with Crippen LogP contribution in [0.2, 0.25) is 0 Å². The highest BCUT2D eigenvalue weighted by molar-refractivity contribution is 14.1. The maximum Gasteiger partial charge on any atom is 0.284 e. The molecule has 0 spiro atoms. The van der Waals surface area contributed by atoms with Crippen molar-refractivity contribution < 1.29 is 13.2 Å². The molecule has 0 aliphatic rings. The number of aromatic nitrogens is 1. The van der Waals surface area contributed by atoms with Crippen LogP contribution in [-0.2, 0) is 14.8 Å². The Morgan fingerprint density at radius 1 is 1.22 bits per heavy atom. The Hall–Kier alpha value is -1.68. The van der Waals surface area contributed by atoms with E-state index in [-0.39, 0.29) is 10.4 Å². The van der Waals surface area contributed by atoms with E-state index >= 15 is 0 Å². The predicted molar refractivity (Wildman–Crippen MR) is 95.0 cm³/mol. The van der Waals surface area contributed by atoms with Crippen LogP contribution < -0.4 is 11.2 Å². The molecule has 122 valence electrons. The molecule has 1 heterocycles. The number of primary amides is 1. The fraction of sp³-hybridized carbons (Fsp3) is 0.200. The number of benzene rings is 1. The summed E-state index contributed by atoms with van der Waals surface area (Å²) in [4.78, 5) is 11.5. The van der Waals surface area contributed by atoms with Gasteiger partial charge in [0.2, 0.25) is 5.91 Å². The zero-order valence-electron chi connectivity index (χ0n) is 12.6. The molecule has 1 aromatic carbocycles. The maximum atomic E-state index is 12.4. The Morgan fingerprint density at radius 2 is 1.83 bits per heavy atom. The van der Waals surface area contributed by atoms with Crippen LogP contribution in [0.1, 0.15) is 18.5 Å². The van der Waals surface area contributed by atoms with Crippen molar-refractivity contribution in [1.29, 1.82) is 0 Å². The van der Waals surface area contributed by atoms with Gasteiger partial charge >= 0.3 is 0 Å². The second-order valence-corrected chi connectivity index (χ2v) is 7.92. The zero-order chi connectivity index (χ0) is 17.2. The van der Waals surface area contributed by atoms with E-state index in [0.717, 1.165) is 9.13 Å². The minimum Gasteiger partial charge on any atom is -0.368 e. The van der Waals surface area contributed by atoms with Crippen molar-refractivity contribution in [3.8, 4) is 0 Å². The molecule has 8 heteroatoms. The van der Waals surface area contributed by atoms with Gasteiger partial charge in [-0.25, -0.2) is 0 Å². The van der Waals surface area contributed by atoms with E-state index < -0.39 is 22.0 Å². The van der Waals surface area contributed by atoms with Crippen LogP contribution in [0.4, 0.5) is 0 Å². The summed E-state index contributed by atoms with van der Waals surface area (Å²) >= 11 is 2.07. The van der Waals surface area contributed by atoms with Gasteiger partial charge in [0.05, 0.1) is 4.90 Å². The van der Waals surface area contributed by atoms with Crippen LogP contribution in [0, 0.1) is 10.5 Å². The first-order chi connectivity index (χ1) is 10.7. The topological polar surface area (TPSA) is 94.5 Å². The first-order valence-electron chi connectivity index (χ1n) is 6.75. The van der Waals surface area contributed by atoms with Gasteiger partial charge in [-0.3, -0.25) is 4.79 Å². The van der Waals surface area contributed by atoms with Gasteiger partial charge < -0.3 is 10.3 Å². The van der Waals surface area contributed by atoms with Crippen molar-refractivity contribution in [2.75, 3.05) is 0 Å². The van der Waals surface area contributed by atoms with Crippen LogP contribution in [0.5, 0.6) is 0 Å². The van der Waals surface area contributed by atoms with Gasteiger partial charge in [-0.15, -0.1) is 4.40 Å². The van der Waals surface area contributed by atoms with Crippen molar-refractivity contribution in [3.05, 3.63) is 57.2 Å². The number of nitrogens with two attached hydrogens (primary N) is 1. The van der Waals surface area contributed by atoms with Gasteiger partial charge in [0.15, 0.2) is 0 Å². The zero-order valence-corrected chi connectivity index (χ0v) is 15.6. The SMILES string of the molecule is Cc1ccc(S(=O)(=O)/N=c2\ccc(I)cn2C(C)C(N)=O)cc1. The molecule has 23 heavy (non-hydrogen) atoms. The van der Waals surface area contributed by atoms with E-state index in [0.29, 0.717) is 0 Å². The molecule has 0 aliphatic heterocycles. The quantitative estimate of drug-likeness (QED) is 0.727. The summed E-state index contributed by atoms with van der Waals surface area (Å²) in [6, 6.07) is 8.97. The summed E-state index contributed by atoms with van der Waals surface area (Å²) in [5, 5.41) is 0. The van der Waals surface area contributed by atoms with E-state index in [2.05, 4.69) is 27.0 Å². The number of aryl methyl sites for hydroxylation is 1. The standard InChI is InChI=1S/C15H16IN3O3S/c1-10-3-6-13(7-4-10)23(21,22)18-14-8-5-12(16)9-19(14)11(2)15(17)20/h3-9,11H,1-2H3,(H2,17,20)/b18-14+. The number of hydrogen-bond acceptors (Lipinski definition) is 3. The summed E-state index contributed by atoms with van der Waals surface area (Å²) < 4.78 is 31.0. The van der Waals surface area contributed by atoms with Gasteiger partial charge in [-0.2, -0.15) is 8.42 Å². The van der Waals surface area contributed by atoms with Crippen molar-refractivity contribution in [2.24, 2.45) is 10.1 Å². The van der Waals surface area contributed by atoms with Gasteiger partial charge in [0.25, 0.3) is 10.0 Å². The molecule has 2 N–H and O–H groups in total. The number of rotatable bonds is 4. The first-order valence-corrected chi connectivity index (χ1v) is 9.27. The molecule has 6 nitrogen and oxygen atoms in total. The Labute approximate surface area is 148 Å². The van der Waals surface area contributed by atoms with Gasteiger partial charge in [-0.1, -0.05) is 17.7 Å². The largest absolute Gasteiger partial charge is 0.368 e. The summed E-state index contributed by atoms with van der Waals surface area (Å²) in [7, 11) is -3.88. The van der Waals surface area contributed by atoms with Crippen molar-refractivity contribution in [2.45, 2.75) is 24.8 Å². The molecule has 0 saturated heterocycles. The summed E-state index contributed by atoms with van der Waals surface area (Å²) in [6.07, 6.45) is 1.64. The van der Waals surface area contributed by atoms with E-state index in [1.165, 1.54) is 16.7 Å². The van der Waals surface area contributed by atoms with E-state index in [1.807, 2.05) is 6.92 Å². The van der Waals surface area contributed by atoms with E-state index in [4.69, 9.17) is 5.73 Å². The monoisotopic (exact) mass is 445 g/mol. The van der Waals surface area contributed by atoms with Gasteiger partial charge in [0.1, 0.15) is 11.5 Å². The minimum absolute atomic E-state index is 0.0972. The number of nitrogens with zero attached hydrogens (tertiary/aromatic N) is 2. The molecule has 1 aromatic heterocycles. The average molecular weight is 445 g/mol. The molecule has 0 aliphatic carbocycles. The fourth-order valence-electron chi connectivity index (χ4n) is 1.89. The molecule has 1 amide bonds. The highest BCUT2D eigenvalue weighted by Crippen LogP contribution is 2.13. The molecule has 0 saturated carbocycles. The Kier molecular flexibility index (Phi) is 5.25. The highest BCUT2D eigenvalue weighted by atomic mass is 127. The van der Waals surface area contributed by atoms with Crippen LogP contribution in [0.3, 0.4) is 0 Å². The van der Waals surface area contributed by atoms with Crippen LogP contribution >= 0.6 is 22.6 Å². The van der Waals surface area contributed by atoms with E-state index in [9.17, 15) is 13.2 Å². The third kappa shape index (κ3) is 4.20. The van der Waals surface area contributed by atoms with Crippen LogP contribution in [-0.4, -0.2) is 18.9 Å². The number of pyridine rings is 1. The molecule has 2 aromatic rings. The summed E-state index contributed by atoms with van der Waals surface area (Å²) in [6.45, 7) is 3.46. The molecule has 0 bridgehead atoms. The van der Waals surface area contributed by atoms with Gasteiger partial charge in [-0.05, 0) is 60.7 Å². The smallest absolute Gasteiger partial charge is 0.284 e. The fourth-order valence-corrected chi connectivity index (χ4v) is 3.36. The number of halogens is 1. The maximum absolute atomic E-state index is 12.4. The molecular weight excluding hydrogens is 429 g/mol. The number of amides is 1. The number of carbonyl (C=O) groups is 1. The second-order valence-electron chi connectivity index (χ2n) is 5.07. The Morgan fingerprint density at radius 3 is 2.39 bits per heavy atom. The Bertz CT molecular complexity index is 902. The van der Waals surface area contributed by atoms with Crippen molar-refractivity contribution >= 4 is 38.5 Å². The molecule has 0 fully saturated rings.